The fraction of sp³-hybridized carbons (Fsp3) is 0.273. The molecule has 0 saturated carbocycles. The first kappa shape index (κ1) is 20.6. The number of carbonyl (C=O) groups is 1. The Kier molecular flexibility index (Phi) is 6.64. The van der Waals surface area contributed by atoms with Gasteiger partial charge in [0.2, 0.25) is 0 Å². The van der Waals surface area contributed by atoms with Crippen molar-refractivity contribution in [2.24, 2.45) is 0 Å². The highest BCUT2D eigenvalue weighted by molar-refractivity contribution is 6.07. The number of aromatic amines is 1. The quantitative estimate of drug-likeness (QED) is 0.376. The average Bonchev–Trinajstić information content (AvgIpc) is 2.73. The summed E-state index contributed by atoms with van der Waals surface area (Å²) in [4.78, 5) is 28.0. The van der Waals surface area contributed by atoms with E-state index in [9.17, 15) is 19.8 Å². The standard InChI is InChI=1S/C22H25N3O4/c1-2-3-10-23-15-5-7-16(8-6-15)24-21(28)20-18(13-27)17-11-14(12-26)4-9-19(17)25-22(20)29/h4-9,11,23,26-27H,2-3,10,12-13H2,1H3,(H,24,28)(H,25,29). The first-order chi connectivity index (χ1) is 14.1. The van der Waals surface area contributed by atoms with E-state index in [4.69, 9.17) is 0 Å². The molecule has 3 aromatic rings. The van der Waals surface area contributed by atoms with Gasteiger partial charge in [-0.2, -0.15) is 0 Å². The minimum absolute atomic E-state index is 0.139. The molecule has 0 aliphatic heterocycles. The van der Waals surface area contributed by atoms with Crippen LogP contribution in [-0.4, -0.2) is 27.6 Å². The van der Waals surface area contributed by atoms with Crippen LogP contribution in [0.5, 0.6) is 0 Å². The van der Waals surface area contributed by atoms with Gasteiger partial charge in [0, 0.05) is 34.4 Å². The van der Waals surface area contributed by atoms with Gasteiger partial charge in [0.1, 0.15) is 5.56 Å². The van der Waals surface area contributed by atoms with Crippen molar-refractivity contribution in [2.45, 2.75) is 33.0 Å². The van der Waals surface area contributed by atoms with Crippen molar-refractivity contribution in [1.82, 2.24) is 4.98 Å². The number of benzene rings is 2. The summed E-state index contributed by atoms with van der Waals surface area (Å²) in [6.45, 7) is 2.35. The second-order valence-electron chi connectivity index (χ2n) is 6.82. The van der Waals surface area contributed by atoms with Gasteiger partial charge in [-0.25, -0.2) is 0 Å². The van der Waals surface area contributed by atoms with Gasteiger partial charge in [-0.1, -0.05) is 19.4 Å². The van der Waals surface area contributed by atoms with Crippen LogP contribution in [-0.2, 0) is 13.2 Å². The lowest BCUT2D eigenvalue weighted by atomic mass is 10.0. The molecule has 0 unspecified atom stereocenters. The lowest BCUT2D eigenvalue weighted by Gasteiger charge is -2.12. The third-order valence-electron chi connectivity index (χ3n) is 4.76. The van der Waals surface area contributed by atoms with E-state index in [1.54, 1.807) is 30.3 Å². The molecule has 1 heterocycles. The first-order valence-electron chi connectivity index (χ1n) is 9.62. The fourth-order valence-corrected chi connectivity index (χ4v) is 3.18. The number of aliphatic hydroxyl groups is 2. The summed E-state index contributed by atoms with van der Waals surface area (Å²) >= 11 is 0. The third-order valence-corrected chi connectivity index (χ3v) is 4.76. The van der Waals surface area contributed by atoms with Gasteiger partial charge in [0.25, 0.3) is 11.5 Å². The van der Waals surface area contributed by atoms with Crippen LogP contribution in [0.4, 0.5) is 11.4 Å². The van der Waals surface area contributed by atoms with Crippen LogP contribution in [0.1, 0.15) is 41.3 Å². The van der Waals surface area contributed by atoms with E-state index < -0.39 is 18.1 Å². The van der Waals surface area contributed by atoms with Crippen molar-refractivity contribution >= 4 is 28.2 Å². The first-order valence-corrected chi connectivity index (χ1v) is 9.62. The van der Waals surface area contributed by atoms with Gasteiger partial charge in [-0.05, 0) is 48.4 Å². The van der Waals surface area contributed by atoms with Crippen molar-refractivity contribution in [3.8, 4) is 0 Å². The number of H-pyrrole nitrogens is 1. The second-order valence-corrected chi connectivity index (χ2v) is 6.82. The molecule has 0 spiro atoms. The smallest absolute Gasteiger partial charge is 0.261 e. The van der Waals surface area contributed by atoms with E-state index in [2.05, 4.69) is 22.5 Å². The molecule has 29 heavy (non-hydrogen) atoms. The van der Waals surface area contributed by atoms with Gasteiger partial charge in [-0.15, -0.1) is 0 Å². The largest absolute Gasteiger partial charge is 0.392 e. The number of aliphatic hydroxyl groups excluding tert-OH is 2. The monoisotopic (exact) mass is 395 g/mol. The van der Waals surface area contributed by atoms with Crippen LogP contribution in [0.25, 0.3) is 10.9 Å². The number of pyridine rings is 1. The maximum Gasteiger partial charge on any atom is 0.261 e. The number of fused-ring (bicyclic) bond motifs is 1. The van der Waals surface area contributed by atoms with E-state index in [1.807, 2.05) is 12.1 Å². The maximum absolute atomic E-state index is 12.8. The zero-order valence-corrected chi connectivity index (χ0v) is 16.3. The molecule has 3 rings (SSSR count). The molecule has 0 radical (unpaired) electrons. The molecule has 7 nitrogen and oxygen atoms in total. The van der Waals surface area contributed by atoms with Crippen LogP contribution in [0, 0.1) is 0 Å². The number of hydrogen-bond donors (Lipinski definition) is 5. The molecule has 2 aromatic carbocycles. The Labute approximate surface area is 168 Å². The molecular formula is C22H25N3O4. The Bertz CT molecular complexity index is 1060. The van der Waals surface area contributed by atoms with Crippen molar-refractivity contribution in [1.29, 1.82) is 0 Å². The summed E-state index contributed by atoms with van der Waals surface area (Å²) in [5.41, 5.74) is 2.13. The SMILES string of the molecule is CCCCNc1ccc(NC(=O)c2c(CO)c3cc(CO)ccc3[nH]c2=O)cc1. The van der Waals surface area contributed by atoms with Crippen molar-refractivity contribution in [3.63, 3.8) is 0 Å². The number of carbonyl (C=O) groups excluding carboxylic acids is 1. The topological polar surface area (TPSA) is 114 Å². The molecule has 0 saturated heterocycles. The summed E-state index contributed by atoms with van der Waals surface area (Å²) in [6, 6.07) is 12.2. The minimum Gasteiger partial charge on any atom is -0.392 e. The third kappa shape index (κ3) is 4.64. The molecular weight excluding hydrogens is 370 g/mol. The van der Waals surface area contributed by atoms with Crippen LogP contribution < -0.4 is 16.2 Å². The number of rotatable bonds is 8. The lowest BCUT2D eigenvalue weighted by molar-refractivity contribution is 0.102. The fourth-order valence-electron chi connectivity index (χ4n) is 3.18. The van der Waals surface area contributed by atoms with Gasteiger partial charge in [-0.3, -0.25) is 9.59 Å². The average molecular weight is 395 g/mol. The highest BCUT2D eigenvalue weighted by Gasteiger charge is 2.19. The zero-order valence-electron chi connectivity index (χ0n) is 16.3. The minimum atomic E-state index is -0.599. The Morgan fingerprint density at radius 3 is 2.41 bits per heavy atom. The van der Waals surface area contributed by atoms with Crippen molar-refractivity contribution in [3.05, 3.63) is 69.5 Å². The Balaban J connectivity index is 1.88. The predicted molar refractivity (Wildman–Crippen MR) is 114 cm³/mol. The normalized spacial score (nSPS) is 10.9. The molecule has 152 valence electrons. The highest BCUT2D eigenvalue weighted by Crippen LogP contribution is 2.22. The summed E-state index contributed by atoms with van der Waals surface area (Å²) in [5.74, 6) is -0.599. The number of nitrogens with one attached hydrogen (secondary N) is 3. The van der Waals surface area contributed by atoms with Gasteiger partial charge in [0.15, 0.2) is 0 Å². The Hall–Kier alpha value is -3.16. The van der Waals surface area contributed by atoms with E-state index >= 15 is 0 Å². The highest BCUT2D eigenvalue weighted by atomic mass is 16.3. The maximum atomic E-state index is 12.8. The van der Waals surface area contributed by atoms with Gasteiger partial charge >= 0.3 is 0 Å². The molecule has 7 heteroatoms. The molecule has 0 aliphatic carbocycles. The van der Waals surface area contributed by atoms with Crippen LogP contribution in [0.2, 0.25) is 0 Å². The molecule has 5 N–H and O–H groups in total. The Morgan fingerprint density at radius 1 is 1.03 bits per heavy atom. The summed E-state index contributed by atoms with van der Waals surface area (Å²) in [7, 11) is 0. The summed E-state index contributed by atoms with van der Waals surface area (Å²) in [6.07, 6.45) is 2.18. The van der Waals surface area contributed by atoms with Gasteiger partial charge in [0.05, 0.1) is 13.2 Å². The summed E-state index contributed by atoms with van der Waals surface area (Å²) in [5, 5.41) is 25.8. The van der Waals surface area contributed by atoms with E-state index in [-0.39, 0.29) is 17.7 Å². The van der Waals surface area contributed by atoms with Crippen LogP contribution in [0.3, 0.4) is 0 Å². The number of unbranched alkanes of at least 4 members (excludes halogenated alkanes) is 1. The lowest BCUT2D eigenvalue weighted by Crippen LogP contribution is -2.26. The predicted octanol–water partition coefficient (Wildman–Crippen LogP) is 2.98. The molecule has 0 fully saturated rings. The number of hydrogen-bond acceptors (Lipinski definition) is 5. The molecule has 0 bridgehead atoms. The van der Waals surface area contributed by atoms with E-state index in [0.29, 0.717) is 22.2 Å². The second kappa shape index (κ2) is 9.36. The molecule has 0 aliphatic rings. The number of anilines is 2. The van der Waals surface area contributed by atoms with E-state index in [1.165, 1.54) is 0 Å². The van der Waals surface area contributed by atoms with Gasteiger partial charge < -0.3 is 25.8 Å². The summed E-state index contributed by atoms with van der Waals surface area (Å²) < 4.78 is 0. The van der Waals surface area contributed by atoms with Crippen LogP contribution in [0.15, 0.2) is 47.3 Å². The number of amides is 1. The van der Waals surface area contributed by atoms with Crippen molar-refractivity contribution < 1.29 is 15.0 Å². The molecule has 0 atom stereocenters. The molecule has 1 aromatic heterocycles. The van der Waals surface area contributed by atoms with E-state index in [0.717, 1.165) is 25.1 Å². The zero-order chi connectivity index (χ0) is 20.8. The molecule has 1 amide bonds. The van der Waals surface area contributed by atoms with Crippen molar-refractivity contribution in [2.75, 3.05) is 17.2 Å². The Morgan fingerprint density at radius 2 is 1.76 bits per heavy atom. The number of aromatic nitrogens is 1. The van der Waals surface area contributed by atoms with Crippen LogP contribution >= 0.6 is 0 Å².